The van der Waals surface area contributed by atoms with Gasteiger partial charge in [0, 0.05) is 5.69 Å². The number of nitrogen functional groups attached to an aromatic ring is 1. The topological polar surface area (TPSA) is 78.6 Å². The van der Waals surface area contributed by atoms with Crippen LogP contribution in [0, 0.1) is 0 Å². The zero-order valence-electron chi connectivity index (χ0n) is 11.3. The molecule has 5 nitrogen and oxygen atoms in total. The highest BCUT2D eigenvalue weighted by atomic mass is 16.5. The first-order valence-corrected chi connectivity index (χ1v) is 6.25. The molecule has 2 N–H and O–H groups in total. The van der Waals surface area contributed by atoms with Gasteiger partial charge in [0.2, 0.25) is 0 Å². The number of carbonyl (C=O) groups excluding carboxylic acids is 2. The Hall–Kier alpha value is -2.04. The lowest BCUT2D eigenvalue weighted by atomic mass is 10.00. The summed E-state index contributed by atoms with van der Waals surface area (Å²) in [5, 5.41) is 0. The third kappa shape index (κ3) is 4.62. The normalized spacial score (nSPS) is 10.0. The van der Waals surface area contributed by atoms with E-state index in [9.17, 15) is 9.59 Å². The molecule has 104 valence electrons. The first-order valence-electron chi connectivity index (χ1n) is 6.25. The van der Waals surface area contributed by atoms with E-state index < -0.39 is 0 Å². The van der Waals surface area contributed by atoms with Gasteiger partial charge < -0.3 is 15.2 Å². The molecule has 1 aromatic carbocycles. The van der Waals surface area contributed by atoms with Gasteiger partial charge in [0.1, 0.15) is 0 Å². The van der Waals surface area contributed by atoms with E-state index >= 15 is 0 Å². The summed E-state index contributed by atoms with van der Waals surface area (Å²) >= 11 is 0. The molecule has 0 amide bonds. The lowest BCUT2D eigenvalue weighted by Crippen LogP contribution is -2.14. The van der Waals surface area contributed by atoms with Gasteiger partial charge in [-0.2, -0.15) is 0 Å². The summed E-state index contributed by atoms with van der Waals surface area (Å²) in [5.74, 6) is -0.691. The molecule has 1 rings (SSSR count). The van der Waals surface area contributed by atoms with Crippen molar-refractivity contribution in [1.29, 1.82) is 0 Å². The van der Waals surface area contributed by atoms with E-state index in [1.165, 1.54) is 0 Å². The highest BCUT2D eigenvalue weighted by molar-refractivity contribution is 5.78. The summed E-state index contributed by atoms with van der Waals surface area (Å²) in [5.41, 5.74) is 7.67. The van der Waals surface area contributed by atoms with Crippen LogP contribution in [0.2, 0.25) is 0 Å². The van der Waals surface area contributed by atoms with Gasteiger partial charge in [-0.1, -0.05) is 12.1 Å². The first kappa shape index (κ1) is 15.0. The number of anilines is 1. The van der Waals surface area contributed by atoms with E-state index in [4.69, 9.17) is 15.2 Å². The fraction of sp³-hybridized carbons (Fsp3) is 0.429. The zero-order chi connectivity index (χ0) is 14.3. The maximum Gasteiger partial charge on any atom is 0.310 e. The molecule has 1 aromatic rings. The third-order valence-corrected chi connectivity index (χ3v) is 2.58. The van der Waals surface area contributed by atoms with Crippen LogP contribution < -0.4 is 5.73 Å². The molecule has 0 fully saturated rings. The Morgan fingerprint density at radius 2 is 1.63 bits per heavy atom. The summed E-state index contributed by atoms with van der Waals surface area (Å²) in [6, 6.07) is 5.21. The van der Waals surface area contributed by atoms with Crippen molar-refractivity contribution in [3.63, 3.8) is 0 Å². The minimum absolute atomic E-state index is 0.0647. The van der Waals surface area contributed by atoms with Gasteiger partial charge in [-0.05, 0) is 31.0 Å². The Balaban J connectivity index is 2.88. The second kappa shape index (κ2) is 7.41. The van der Waals surface area contributed by atoms with Gasteiger partial charge in [0.25, 0.3) is 0 Å². The number of hydrogen-bond donors (Lipinski definition) is 1. The largest absolute Gasteiger partial charge is 0.466 e. The molecule has 0 bridgehead atoms. The van der Waals surface area contributed by atoms with Crippen molar-refractivity contribution in [2.24, 2.45) is 0 Å². The Morgan fingerprint density at radius 3 is 2.21 bits per heavy atom. The molecule has 0 radical (unpaired) electrons. The number of esters is 2. The van der Waals surface area contributed by atoms with E-state index in [1.54, 1.807) is 32.0 Å². The number of ether oxygens (including phenoxy) is 2. The predicted molar refractivity (Wildman–Crippen MR) is 71.5 cm³/mol. The lowest BCUT2D eigenvalue weighted by molar-refractivity contribution is -0.143. The van der Waals surface area contributed by atoms with Crippen LogP contribution in [0.15, 0.2) is 18.2 Å². The second-order valence-corrected chi connectivity index (χ2v) is 3.95. The van der Waals surface area contributed by atoms with E-state index in [-0.39, 0.29) is 24.8 Å². The van der Waals surface area contributed by atoms with Gasteiger partial charge in [-0.3, -0.25) is 9.59 Å². The van der Waals surface area contributed by atoms with E-state index in [2.05, 4.69) is 0 Å². The Morgan fingerprint density at radius 1 is 1.05 bits per heavy atom. The number of carbonyl (C=O) groups is 2. The molecule has 19 heavy (non-hydrogen) atoms. The van der Waals surface area contributed by atoms with E-state index in [1.807, 2.05) is 0 Å². The van der Waals surface area contributed by atoms with Crippen molar-refractivity contribution in [2.75, 3.05) is 18.9 Å². The van der Waals surface area contributed by atoms with Gasteiger partial charge in [-0.15, -0.1) is 0 Å². The van der Waals surface area contributed by atoms with Crippen molar-refractivity contribution in [1.82, 2.24) is 0 Å². The monoisotopic (exact) mass is 265 g/mol. The van der Waals surface area contributed by atoms with Gasteiger partial charge >= 0.3 is 11.9 Å². The molecule has 0 unspecified atom stereocenters. The SMILES string of the molecule is CCOC(=O)Cc1cccc(N)c1CC(=O)OCC. The summed E-state index contributed by atoms with van der Waals surface area (Å²) in [7, 11) is 0. The fourth-order valence-corrected chi connectivity index (χ4v) is 1.76. The van der Waals surface area contributed by atoms with Crippen molar-refractivity contribution in [3.05, 3.63) is 29.3 Å². The third-order valence-electron chi connectivity index (χ3n) is 2.58. The highest BCUT2D eigenvalue weighted by Gasteiger charge is 2.14. The molecule has 0 saturated heterocycles. The summed E-state index contributed by atoms with van der Waals surface area (Å²) < 4.78 is 9.79. The fourth-order valence-electron chi connectivity index (χ4n) is 1.76. The molecule has 0 aliphatic heterocycles. The number of benzene rings is 1. The lowest BCUT2D eigenvalue weighted by Gasteiger charge is -2.11. The van der Waals surface area contributed by atoms with Crippen molar-refractivity contribution < 1.29 is 19.1 Å². The highest BCUT2D eigenvalue weighted by Crippen LogP contribution is 2.19. The van der Waals surface area contributed by atoms with Crippen molar-refractivity contribution >= 4 is 17.6 Å². The number of rotatable bonds is 6. The average molecular weight is 265 g/mol. The molecule has 0 aliphatic rings. The maximum atomic E-state index is 11.5. The average Bonchev–Trinajstić information content (AvgIpc) is 2.34. The van der Waals surface area contributed by atoms with Crippen LogP contribution in [0.25, 0.3) is 0 Å². The van der Waals surface area contributed by atoms with Gasteiger partial charge in [0.05, 0.1) is 26.1 Å². The Kier molecular flexibility index (Phi) is 5.85. The van der Waals surface area contributed by atoms with Gasteiger partial charge in [0.15, 0.2) is 0 Å². The van der Waals surface area contributed by atoms with E-state index in [0.29, 0.717) is 30.0 Å². The molecule has 0 atom stereocenters. The van der Waals surface area contributed by atoms with E-state index in [0.717, 1.165) is 0 Å². The standard InChI is InChI=1S/C14H19NO4/c1-3-18-13(16)8-10-6-5-7-12(15)11(10)9-14(17)19-4-2/h5-7H,3-4,8-9,15H2,1-2H3. The Bertz CT molecular complexity index is 457. The minimum atomic E-state index is -0.356. The van der Waals surface area contributed by atoms with Crippen LogP contribution in [-0.2, 0) is 31.9 Å². The molecular formula is C14H19NO4. The maximum absolute atomic E-state index is 11.5. The summed E-state index contributed by atoms with van der Waals surface area (Å²) in [6.45, 7) is 4.13. The quantitative estimate of drug-likeness (QED) is 0.622. The first-order chi connectivity index (χ1) is 9.08. The second-order valence-electron chi connectivity index (χ2n) is 3.95. The zero-order valence-corrected chi connectivity index (χ0v) is 11.3. The molecule has 0 heterocycles. The van der Waals surface area contributed by atoms with Crippen LogP contribution in [0.5, 0.6) is 0 Å². The molecular weight excluding hydrogens is 246 g/mol. The van der Waals surface area contributed by atoms with Crippen LogP contribution >= 0.6 is 0 Å². The molecule has 0 saturated carbocycles. The van der Waals surface area contributed by atoms with Crippen molar-refractivity contribution in [2.45, 2.75) is 26.7 Å². The van der Waals surface area contributed by atoms with Gasteiger partial charge in [-0.25, -0.2) is 0 Å². The number of nitrogens with two attached hydrogens (primary N) is 1. The molecule has 0 spiro atoms. The van der Waals surface area contributed by atoms with Crippen LogP contribution in [-0.4, -0.2) is 25.2 Å². The molecule has 0 aliphatic carbocycles. The van der Waals surface area contributed by atoms with Crippen LogP contribution in [0.4, 0.5) is 5.69 Å². The van der Waals surface area contributed by atoms with Crippen molar-refractivity contribution in [3.8, 4) is 0 Å². The minimum Gasteiger partial charge on any atom is -0.466 e. The number of hydrogen-bond acceptors (Lipinski definition) is 5. The summed E-state index contributed by atoms with van der Waals surface area (Å²) in [4.78, 5) is 23.0. The Labute approximate surface area is 112 Å². The van der Waals surface area contributed by atoms with Crippen LogP contribution in [0.3, 0.4) is 0 Å². The molecule has 0 aromatic heterocycles. The molecule has 5 heteroatoms. The summed E-state index contributed by atoms with van der Waals surface area (Å²) in [6.07, 6.45) is 0.170. The van der Waals surface area contributed by atoms with Crippen LogP contribution in [0.1, 0.15) is 25.0 Å². The predicted octanol–water partition coefficient (Wildman–Crippen LogP) is 1.48. The smallest absolute Gasteiger partial charge is 0.310 e.